The number of rotatable bonds is 3. The molecule has 1 aliphatic heterocycles. The predicted molar refractivity (Wildman–Crippen MR) is 72.7 cm³/mol. The summed E-state index contributed by atoms with van der Waals surface area (Å²) in [7, 11) is 0. The average Bonchev–Trinajstić information content (AvgIpc) is 2.95. The molecule has 2 aliphatic rings. The van der Waals surface area contributed by atoms with Gasteiger partial charge in [-0.15, -0.1) is 0 Å². The summed E-state index contributed by atoms with van der Waals surface area (Å²) in [5.41, 5.74) is 6.41. The summed E-state index contributed by atoms with van der Waals surface area (Å²) in [4.78, 5) is 11.0. The minimum atomic E-state index is 0.274. The van der Waals surface area contributed by atoms with E-state index in [0.29, 0.717) is 11.7 Å². The van der Waals surface area contributed by atoms with Gasteiger partial charge in [0.1, 0.15) is 5.82 Å². The number of nitrogens with zero attached hydrogens (tertiary/aromatic N) is 4. The van der Waals surface area contributed by atoms with E-state index in [0.717, 1.165) is 30.2 Å². The van der Waals surface area contributed by atoms with E-state index in [9.17, 15) is 0 Å². The molecule has 0 aromatic carbocycles. The lowest BCUT2D eigenvalue weighted by atomic mass is 10.2. The highest BCUT2D eigenvalue weighted by molar-refractivity contribution is 5.86. The van der Waals surface area contributed by atoms with Gasteiger partial charge in [-0.1, -0.05) is 0 Å². The van der Waals surface area contributed by atoms with Crippen LogP contribution in [-0.2, 0) is 0 Å². The predicted octanol–water partition coefficient (Wildman–Crippen LogP) is 0.584. The maximum Gasteiger partial charge on any atom is 0.224 e. The molecule has 2 aromatic rings. The van der Waals surface area contributed by atoms with Crippen molar-refractivity contribution >= 4 is 22.8 Å². The van der Waals surface area contributed by atoms with Crippen LogP contribution in [0.25, 0.3) is 11.0 Å². The van der Waals surface area contributed by atoms with Crippen molar-refractivity contribution < 1.29 is 0 Å². The summed E-state index contributed by atoms with van der Waals surface area (Å²) in [5, 5.41) is 11.2. The molecule has 1 aliphatic carbocycles. The molecular weight excluding hydrogens is 242 g/mol. The monoisotopic (exact) mass is 259 g/mol. The van der Waals surface area contributed by atoms with E-state index < -0.39 is 0 Å². The number of anilines is 2. The Morgan fingerprint density at radius 1 is 1.32 bits per heavy atom. The van der Waals surface area contributed by atoms with Crippen LogP contribution in [0.3, 0.4) is 0 Å². The second-order valence-electron chi connectivity index (χ2n) is 5.42. The topological polar surface area (TPSA) is 95.7 Å². The highest BCUT2D eigenvalue weighted by Crippen LogP contribution is 2.31. The molecule has 3 heterocycles. The third-order valence-corrected chi connectivity index (χ3v) is 3.95. The number of fused-ring (bicyclic) bond motifs is 1. The van der Waals surface area contributed by atoms with Crippen LogP contribution in [0, 0.1) is 0 Å². The Bertz CT molecular complexity index is 603. The molecule has 1 unspecified atom stereocenters. The van der Waals surface area contributed by atoms with Crippen molar-refractivity contribution in [2.75, 3.05) is 24.1 Å². The number of aromatic nitrogens is 4. The number of nitrogens with one attached hydrogen (secondary N) is 2. The van der Waals surface area contributed by atoms with Crippen molar-refractivity contribution in [3.63, 3.8) is 0 Å². The summed E-state index contributed by atoms with van der Waals surface area (Å²) < 4.78 is 0. The Labute approximate surface area is 110 Å². The number of likely N-dealkylation sites (tertiary alicyclic amines) is 1. The highest BCUT2D eigenvalue weighted by Gasteiger charge is 2.34. The Kier molecular flexibility index (Phi) is 2.34. The third kappa shape index (κ3) is 1.99. The summed E-state index contributed by atoms with van der Waals surface area (Å²) in [6.45, 7) is 2.27. The molecule has 2 aromatic heterocycles. The number of aromatic amines is 1. The summed E-state index contributed by atoms with van der Waals surface area (Å²) in [6.07, 6.45) is 5.61. The Balaban J connectivity index is 1.56. The van der Waals surface area contributed by atoms with Gasteiger partial charge in [0.25, 0.3) is 0 Å². The summed E-state index contributed by atoms with van der Waals surface area (Å²) in [5.74, 6) is 1.06. The number of hydrogen-bond donors (Lipinski definition) is 3. The van der Waals surface area contributed by atoms with Crippen molar-refractivity contribution in [2.45, 2.75) is 31.3 Å². The highest BCUT2D eigenvalue weighted by atomic mass is 15.2. The SMILES string of the molecule is Nc1nc(NC2CCN(C3CC3)C2)c2cn[nH]c2n1. The molecule has 2 fully saturated rings. The zero-order valence-electron chi connectivity index (χ0n) is 10.6. The zero-order valence-corrected chi connectivity index (χ0v) is 10.6. The fourth-order valence-corrected chi connectivity index (χ4v) is 2.83. The Morgan fingerprint density at radius 3 is 3.05 bits per heavy atom. The molecule has 0 bridgehead atoms. The lowest BCUT2D eigenvalue weighted by Gasteiger charge is -2.16. The number of nitrogen functional groups attached to an aromatic ring is 1. The van der Waals surface area contributed by atoms with Gasteiger partial charge in [0.2, 0.25) is 5.95 Å². The normalized spacial score (nSPS) is 24.1. The molecule has 7 heteroatoms. The van der Waals surface area contributed by atoms with E-state index in [-0.39, 0.29) is 5.95 Å². The summed E-state index contributed by atoms with van der Waals surface area (Å²) >= 11 is 0. The molecular formula is C12H17N7. The number of nitrogens with two attached hydrogens (primary N) is 1. The molecule has 19 heavy (non-hydrogen) atoms. The van der Waals surface area contributed by atoms with Gasteiger partial charge in [-0.3, -0.25) is 10.00 Å². The second-order valence-corrected chi connectivity index (χ2v) is 5.42. The Morgan fingerprint density at radius 2 is 2.21 bits per heavy atom. The first kappa shape index (κ1) is 11.0. The number of hydrogen-bond acceptors (Lipinski definition) is 6. The molecule has 7 nitrogen and oxygen atoms in total. The maximum absolute atomic E-state index is 5.72. The smallest absolute Gasteiger partial charge is 0.224 e. The van der Waals surface area contributed by atoms with Gasteiger partial charge in [-0.05, 0) is 19.3 Å². The second kappa shape index (κ2) is 4.06. The molecule has 4 N–H and O–H groups in total. The van der Waals surface area contributed by atoms with Gasteiger partial charge < -0.3 is 11.1 Å². The van der Waals surface area contributed by atoms with Gasteiger partial charge in [0, 0.05) is 25.2 Å². The van der Waals surface area contributed by atoms with Crippen LogP contribution < -0.4 is 11.1 Å². The molecule has 100 valence electrons. The molecule has 0 amide bonds. The fraction of sp³-hybridized carbons (Fsp3) is 0.583. The minimum absolute atomic E-state index is 0.274. The molecule has 0 radical (unpaired) electrons. The van der Waals surface area contributed by atoms with Gasteiger partial charge >= 0.3 is 0 Å². The zero-order chi connectivity index (χ0) is 12.8. The van der Waals surface area contributed by atoms with Crippen LogP contribution in [0.15, 0.2) is 6.20 Å². The van der Waals surface area contributed by atoms with E-state index >= 15 is 0 Å². The lowest BCUT2D eigenvalue weighted by Crippen LogP contribution is -2.28. The first-order valence-electron chi connectivity index (χ1n) is 6.77. The van der Waals surface area contributed by atoms with Crippen LogP contribution in [0.5, 0.6) is 0 Å². The Hall–Kier alpha value is -1.89. The van der Waals surface area contributed by atoms with Crippen molar-refractivity contribution in [2.24, 2.45) is 0 Å². The first-order valence-corrected chi connectivity index (χ1v) is 6.77. The third-order valence-electron chi connectivity index (χ3n) is 3.95. The van der Waals surface area contributed by atoms with Crippen LogP contribution in [-0.4, -0.2) is 50.2 Å². The van der Waals surface area contributed by atoms with E-state index in [2.05, 4.69) is 30.4 Å². The molecule has 0 spiro atoms. The average molecular weight is 259 g/mol. The van der Waals surface area contributed by atoms with E-state index in [1.165, 1.54) is 19.4 Å². The van der Waals surface area contributed by atoms with E-state index in [1.54, 1.807) is 6.20 Å². The van der Waals surface area contributed by atoms with Gasteiger partial charge in [0.05, 0.1) is 11.6 Å². The van der Waals surface area contributed by atoms with Crippen molar-refractivity contribution in [3.8, 4) is 0 Å². The van der Waals surface area contributed by atoms with Crippen molar-refractivity contribution in [1.29, 1.82) is 0 Å². The standard InChI is InChI=1S/C12H17N7/c13-12-16-10(9-5-14-18-11(9)17-12)15-7-3-4-19(6-7)8-1-2-8/h5,7-8H,1-4,6H2,(H4,13,14,15,16,17,18). The maximum atomic E-state index is 5.72. The van der Waals surface area contributed by atoms with Crippen LogP contribution in [0.4, 0.5) is 11.8 Å². The summed E-state index contributed by atoms with van der Waals surface area (Å²) in [6, 6.07) is 1.27. The van der Waals surface area contributed by atoms with Gasteiger partial charge in [-0.25, -0.2) is 0 Å². The minimum Gasteiger partial charge on any atom is -0.368 e. The number of H-pyrrole nitrogens is 1. The molecule has 1 saturated heterocycles. The van der Waals surface area contributed by atoms with Gasteiger partial charge in [0.15, 0.2) is 5.65 Å². The van der Waals surface area contributed by atoms with Crippen molar-refractivity contribution in [3.05, 3.63) is 6.20 Å². The lowest BCUT2D eigenvalue weighted by molar-refractivity contribution is 0.326. The molecule has 4 rings (SSSR count). The quantitative estimate of drug-likeness (QED) is 0.746. The molecule has 1 atom stereocenters. The van der Waals surface area contributed by atoms with Crippen LogP contribution >= 0.6 is 0 Å². The van der Waals surface area contributed by atoms with E-state index in [1.807, 2.05) is 0 Å². The van der Waals surface area contributed by atoms with Gasteiger partial charge in [-0.2, -0.15) is 15.1 Å². The van der Waals surface area contributed by atoms with Crippen molar-refractivity contribution in [1.82, 2.24) is 25.1 Å². The molecule has 1 saturated carbocycles. The van der Waals surface area contributed by atoms with Crippen LogP contribution in [0.2, 0.25) is 0 Å². The largest absolute Gasteiger partial charge is 0.368 e. The first-order chi connectivity index (χ1) is 9.29. The van der Waals surface area contributed by atoms with Crippen LogP contribution in [0.1, 0.15) is 19.3 Å². The van der Waals surface area contributed by atoms with E-state index in [4.69, 9.17) is 5.73 Å². The fourth-order valence-electron chi connectivity index (χ4n) is 2.83.